The molecular weight excluding hydrogens is 524 g/mol. The zero-order valence-corrected chi connectivity index (χ0v) is 25.2. The van der Waals surface area contributed by atoms with Gasteiger partial charge in [-0.2, -0.15) is 0 Å². The van der Waals surface area contributed by atoms with Crippen LogP contribution in [0, 0.1) is 22.0 Å². The van der Waals surface area contributed by atoms with E-state index in [2.05, 4.69) is 33.9 Å². The summed E-state index contributed by atoms with van der Waals surface area (Å²) in [5, 5.41) is 11.0. The second-order valence-electron chi connectivity index (χ2n) is 12.1. The molecule has 0 unspecified atom stereocenters. The maximum atomic E-state index is 13.6. The maximum Gasteiger partial charge on any atom is 0.355 e. The minimum atomic E-state index is -2.12. The summed E-state index contributed by atoms with van der Waals surface area (Å²) in [6, 6.07) is 15.4. The number of amides is 1. The Labute approximate surface area is 236 Å². The number of nitro benzene ring substituents is 1. The molecule has 0 radical (unpaired) electrons. The van der Waals surface area contributed by atoms with Gasteiger partial charge in [0.25, 0.3) is 5.69 Å². The van der Waals surface area contributed by atoms with Crippen LogP contribution < -0.4 is 0 Å². The number of non-ortho nitro benzene ring substituents is 1. The molecule has 0 saturated carbocycles. The van der Waals surface area contributed by atoms with E-state index >= 15 is 0 Å². The number of nitro groups is 1. The lowest BCUT2D eigenvalue weighted by Gasteiger charge is -2.50. The molecule has 2 aliphatic rings. The monoisotopic (exact) mass is 562 g/mol. The van der Waals surface area contributed by atoms with E-state index in [-0.39, 0.29) is 52.9 Å². The molecule has 0 spiro atoms. The number of rotatable bonds is 9. The summed E-state index contributed by atoms with van der Waals surface area (Å²) >= 11 is 0. The molecule has 40 heavy (non-hydrogen) atoms. The first-order valence-corrected chi connectivity index (χ1v) is 16.5. The molecule has 9 heteroatoms. The summed E-state index contributed by atoms with van der Waals surface area (Å²) in [6.45, 7) is 14.8. The number of hydrogen-bond donors (Lipinski definition) is 0. The Kier molecular flexibility index (Phi) is 8.19. The first-order chi connectivity index (χ1) is 18.7. The van der Waals surface area contributed by atoms with E-state index in [0.29, 0.717) is 5.56 Å². The highest BCUT2D eigenvalue weighted by atomic mass is 28.4. The summed E-state index contributed by atoms with van der Waals surface area (Å²) in [5.41, 5.74) is 2.57. The minimum Gasteiger partial charge on any atom is -0.456 e. The standard InChI is InChI=1S/C31H38N2O6Si/c1-20-25(18-15-22-11-9-8-10-12-22)28(30(35)38-19-23-13-16-24(17-14-23)33(36)37)32-27(20)26(29(32)34)21(2)39-40(6,7)31(3,4)5/h8-18,20-21,26-27H,19H2,1-7H3/b18-15+/t20-,21+,26+,27+/m0/s1. The molecule has 4 atom stereocenters. The van der Waals surface area contributed by atoms with Gasteiger partial charge in [-0.05, 0) is 53.9 Å². The topological polar surface area (TPSA) is 99.0 Å². The SMILES string of the molecule is C[C@@H](O[Si](C)(C)C(C)(C)C)[C@H]1C(=O)N2C(C(=O)OCc3ccc([N+](=O)[O-])cc3)=C(/C=C/c3ccccc3)[C@H](C)[C@H]12. The molecule has 0 bridgehead atoms. The van der Waals surface area contributed by atoms with E-state index in [1.807, 2.05) is 56.3 Å². The van der Waals surface area contributed by atoms with Gasteiger partial charge in [0.1, 0.15) is 12.3 Å². The van der Waals surface area contributed by atoms with Gasteiger partial charge in [-0.3, -0.25) is 14.9 Å². The van der Waals surface area contributed by atoms with Gasteiger partial charge in [0.15, 0.2) is 8.32 Å². The van der Waals surface area contributed by atoms with Crippen molar-refractivity contribution >= 4 is 32.0 Å². The third-order valence-corrected chi connectivity index (χ3v) is 13.0. The summed E-state index contributed by atoms with van der Waals surface area (Å²) in [4.78, 5) is 39.2. The third-order valence-electron chi connectivity index (χ3n) is 8.46. The van der Waals surface area contributed by atoms with Crippen molar-refractivity contribution < 1.29 is 23.7 Å². The minimum absolute atomic E-state index is 0.00367. The van der Waals surface area contributed by atoms with Crippen molar-refractivity contribution in [2.75, 3.05) is 0 Å². The van der Waals surface area contributed by atoms with Crippen molar-refractivity contribution in [2.24, 2.45) is 11.8 Å². The van der Waals surface area contributed by atoms with Gasteiger partial charge in [-0.25, -0.2) is 4.79 Å². The highest BCUT2D eigenvalue weighted by molar-refractivity contribution is 6.74. The third kappa shape index (κ3) is 5.67. The average molecular weight is 563 g/mol. The molecule has 0 aromatic heterocycles. The van der Waals surface area contributed by atoms with Crippen LogP contribution >= 0.6 is 0 Å². The first-order valence-electron chi connectivity index (χ1n) is 13.6. The van der Waals surface area contributed by atoms with Crippen LogP contribution in [0.5, 0.6) is 0 Å². The number of carbonyl (C=O) groups is 2. The quantitative estimate of drug-likeness (QED) is 0.114. The van der Waals surface area contributed by atoms with Gasteiger partial charge in [-0.15, -0.1) is 0 Å². The van der Waals surface area contributed by atoms with Crippen molar-refractivity contribution in [2.45, 2.75) is 71.5 Å². The molecule has 2 aromatic rings. The van der Waals surface area contributed by atoms with Crippen molar-refractivity contribution in [3.8, 4) is 0 Å². The summed E-state index contributed by atoms with van der Waals surface area (Å²) in [5.74, 6) is -1.18. The zero-order valence-electron chi connectivity index (χ0n) is 24.2. The summed E-state index contributed by atoms with van der Waals surface area (Å²) < 4.78 is 12.3. The smallest absolute Gasteiger partial charge is 0.355 e. The number of β-lactam (4-membered cyclic amide) rings is 1. The Morgan fingerprint density at radius 2 is 1.73 bits per heavy atom. The number of allylic oxidation sites excluding steroid dienone is 1. The number of ether oxygens (including phenoxy) is 1. The predicted molar refractivity (Wildman–Crippen MR) is 156 cm³/mol. The van der Waals surface area contributed by atoms with Crippen molar-refractivity contribution in [3.05, 3.63) is 93.2 Å². The molecule has 0 N–H and O–H groups in total. The van der Waals surface area contributed by atoms with E-state index in [0.717, 1.165) is 11.1 Å². The van der Waals surface area contributed by atoms with Crippen LogP contribution in [-0.2, 0) is 25.4 Å². The molecule has 1 saturated heterocycles. The molecule has 8 nitrogen and oxygen atoms in total. The molecule has 212 valence electrons. The molecule has 2 aromatic carbocycles. The summed E-state index contributed by atoms with van der Waals surface area (Å²) in [6.07, 6.45) is 3.56. The van der Waals surface area contributed by atoms with Crippen LogP contribution in [0.2, 0.25) is 18.1 Å². The van der Waals surface area contributed by atoms with Crippen LogP contribution in [0.1, 0.15) is 45.7 Å². The second-order valence-corrected chi connectivity index (χ2v) is 16.9. The Balaban J connectivity index is 1.60. The van der Waals surface area contributed by atoms with Gasteiger partial charge in [0.2, 0.25) is 5.91 Å². The first kappa shape index (κ1) is 29.4. The fourth-order valence-electron chi connectivity index (χ4n) is 5.19. The maximum absolute atomic E-state index is 13.6. The van der Waals surface area contributed by atoms with Gasteiger partial charge < -0.3 is 14.1 Å². The number of hydrogen-bond acceptors (Lipinski definition) is 6. The molecule has 1 fully saturated rings. The highest BCUT2D eigenvalue weighted by Gasteiger charge is 2.60. The second kappa shape index (κ2) is 11.1. The predicted octanol–water partition coefficient (Wildman–Crippen LogP) is 6.49. The number of esters is 1. The Morgan fingerprint density at radius 1 is 1.10 bits per heavy atom. The number of carbonyl (C=O) groups excluding carboxylic acids is 2. The molecular formula is C31H38N2O6Si. The molecule has 1 amide bonds. The van der Waals surface area contributed by atoms with Crippen LogP contribution in [0.25, 0.3) is 6.08 Å². The van der Waals surface area contributed by atoms with Crippen molar-refractivity contribution in [3.63, 3.8) is 0 Å². The Morgan fingerprint density at radius 3 is 2.30 bits per heavy atom. The Bertz CT molecular complexity index is 1340. The zero-order chi connectivity index (χ0) is 29.4. The van der Waals surface area contributed by atoms with Gasteiger partial charge >= 0.3 is 5.97 Å². The van der Waals surface area contributed by atoms with Crippen LogP contribution in [0.15, 0.2) is 71.9 Å². The van der Waals surface area contributed by atoms with Crippen LogP contribution in [0.4, 0.5) is 5.69 Å². The number of benzene rings is 2. The normalized spacial score (nSPS) is 21.8. The number of fused-ring (bicyclic) bond motifs is 1. The van der Waals surface area contributed by atoms with E-state index in [1.165, 1.54) is 12.1 Å². The van der Waals surface area contributed by atoms with E-state index < -0.39 is 19.2 Å². The lowest BCUT2D eigenvalue weighted by molar-refractivity contribution is -0.384. The van der Waals surface area contributed by atoms with Crippen molar-refractivity contribution in [1.82, 2.24) is 4.90 Å². The fourth-order valence-corrected chi connectivity index (χ4v) is 6.62. The van der Waals surface area contributed by atoms with Gasteiger partial charge in [0.05, 0.1) is 23.0 Å². The van der Waals surface area contributed by atoms with E-state index in [9.17, 15) is 19.7 Å². The molecule has 4 rings (SSSR count). The lowest BCUT2D eigenvalue weighted by Crippen LogP contribution is -2.65. The van der Waals surface area contributed by atoms with E-state index in [1.54, 1.807) is 17.0 Å². The molecule has 0 aliphatic carbocycles. The van der Waals surface area contributed by atoms with Crippen LogP contribution in [-0.4, -0.2) is 42.2 Å². The Hall–Kier alpha value is -3.56. The average Bonchev–Trinajstić information content (AvgIpc) is 3.13. The molecule has 2 aliphatic heterocycles. The largest absolute Gasteiger partial charge is 0.456 e. The van der Waals surface area contributed by atoms with Crippen molar-refractivity contribution in [1.29, 1.82) is 0 Å². The lowest BCUT2D eigenvalue weighted by atomic mass is 9.77. The molecule has 2 heterocycles. The van der Waals surface area contributed by atoms with E-state index in [4.69, 9.17) is 9.16 Å². The number of nitrogens with zero attached hydrogens (tertiary/aromatic N) is 2. The summed E-state index contributed by atoms with van der Waals surface area (Å²) in [7, 11) is -2.12. The fraction of sp³-hybridized carbons (Fsp3) is 0.419. The highest BCUT2D eigenvalue weighted by Crippen LogP contribution is 2.49. The van der Waals surface area contributed by atoms with Gasteiger partial charge in [0, 0.05) is 18.1 Å². The van der Waals surface area contributed by atoms with Crippen LogP contribution in [0.3, 0.4) is 0 Å². The van der Waals surface area contributed by atoms with Gasteiger partial charge in [-0.1, -0.05) is 70.2 Å².